The van der Waals surface area contributed by atoms with Crippen LogP contribution < -0.4 is 19.5 Å². The number of hydrogen-bond donors (Lipinski definition) is 1. The Morgan fingerprint density at radius 3 is 2.31 bits per heavy atom. The van der Waals surface area contributed by atoms with Crippen molar-refractivity contribution in [1.29, 1.82) is 0 Å². The summed E-state index contributed by atoms with van der Waals surface area (Å²) in [6.07, 6.45) is 0.380. The van der Waals surface area contributed by atoms with Crippen molar-refractivity contribution in [2.45, 2.75) is 6.18 Å². The fourth-order valence-corrected chi connectivity index (χ4v) is 3.62. The van der Waals surface area contributed by atoms with Crippen molar-refractivity contribution in [3.63, 3.8) is 0 Å². The Morgan fingerprint density at radius 2 is 1.69 bits per heavy atom. The van der Waals surface area contributed by atoms with Gasteiger partial charge in [0.25, 0.3) is 5.91 Å². The largest absolute Gasteiger partial charge is 0.496 e. The first-order valence-electron chi connectivity index (χ1n) is 10.3. The highest BCUT2D eigenvalue weighted by Crippen LogP contribution is 2.34. The molecular weight excluding hydrogens is 465 g/mol. The van der Waals surface area contributed by atoms with Crippen LogP contribution in [0.2, 0.25) is 0 Å². The third kappa shape index (κ3) is 4.98. The van der Waals surface area contributed by atoms with Gasteiger partial charge in [0, 0.05) is 23.9 Å². The van der Waals surface area contributed by atoms with Gasteiger partial charge in [-0.25, -0.2) is 4.98 Å². The number of ether oxygens (including phenoxy) is 3. The van der Waals surface area contributed by atoms with Crippen LogP contribution in [0.3, 0.4) is 0 Å². The van der Waals surface area contributed by atoms with E-state index < -0.39 is 18.6 Å². The molecule has 0 spiro atoms. The van der Waals surface area contributed by atoms with Crippen molar-refractivity contribution >= 4 is 16.9 Å². The lowest BCUT2D eigenvalue weighted by atomic mass is 10.1. The quantitative estimate of drug-likeness (QED) is 0.417. The van der Waals surface area contributed by atoms with Gasteiger partial charge in [-0.15, -0.1) is 0 Å². The number of nitrogens with one attached hydrogen (secondary N) is 1. The Morgan fingerprint density at radius 1 is 0.971 bits per heavy atom. The second-order valence-electron chi connectivity index (χ2n) is 7.45. The first kappa shape index (κ1) is 23.9. The van der Waals surface area contributed by atoms with E-state index in [9.17, 15) is 18.0 Å². The van der Waals surface area contributed by atoms with E-state index in [1.54, 1.807) is 30.4 Å². The van der Waals surface area contributed by atoms with Gasteiger partial charge in [-0.3, -0.25) is 14.3 Å². The molecule has 4 aromatic rings. The van der Waals surface area contributed by atoms with Crippen molar-refractivity contribution < 1.29 is 32.2 Å². The number of nitrogens with zero attached hydrogens (tertiary/aromatic N) is 3. The maximum absolute atomic E-state index is 12.6. The Bertz CT molecular complexity index is 1360. The third-order valence-corrected chi connectivity index (χ3v) is 5.27. The molecule has 0 aliphatic heterocycles. The van der Waals surface area contributed by atoms with Gasteiger partial charge < -0.3 is 19.5 Å². The smallest absolute Gasteiger partial charge is 0.405 e. The monoisotopic (exact) mass is 486 g/mol. The average molecular weight is 486 g/mol. The van der Waals surface area contributed by atoms with Crippen LogP contribution >= 0.6 is 0 Å². The van der Waals surface area contributed by atoms with Crippen molar-refractivity contribution in [3.05, 3.63) is 60.7 Å². The summed E-state index contributed by atoms with van der Waals surface area (Å²) in [5.74, 6) is -0.221. The van der Waals surface area contributed by atoms with Gasteiger partial charge in [0.1, 0.15) is 35.7 Å². The van der Waals surface area contributed by atoms with E-state index in [2.05, 4.69) is 9.97 Å². The van der Waals surface area contributed by atoms with Crippen LogP contribution in [0.15, 0.2) is 55.1 Å². The molecule has 0 bridgehead atoms. The van der Waals surface area contributed by atoms with E-state index in [0.29, 0.717) is 17.0 Å². The number of imidazole rings is 1. The normalized spacial score (nSPS) is 11.4. The van der Waals surface area contributed by atoms with Crippen LogP contribution in [0.5, 0.6) is 17.2 Å². The highest BCUT2D eigenvalue weighted by molar-refractivity contribution is 6.00. The number of rotatable bonds is 7. The summed E-state index contributed by atoms with van der Waals surface area (Å²) in [5, 5.41) is 1.85. The fraction of sp³-hybridized carbons (Fsp3) is 0.208. The molecule has 0 aliphatic rings. The number of fused-ring (bicyclic) bond motifs is 1. The molecule has 1 N–H and O–H groups in total. The lowest BCUT2D eigenvalue weighted by Gasteiger charge is -2.16. The lowest BCUT2D eigenvalue weighted by Crippen LogP contribution is -2.34. The van der Waals surface area contributed by atoms with Gasteiger partial charge in [0.2, 0.25) is 0 Å². The Labute approximate surface area is 198 Å². The molecule has 0 aliphatic carbocycles. The molecule has 182 valence electrons. The second-order valence-corrected chi connectivity index (χ2v) is 7.45. The van der Waals surface area contributed by atoms with Gasteiger partial charge in [0.15, 0.2) is 0 Å². The molecule has 11 heteroatoms. The van der Waals surface area contributed by atoms with Crippen molar-refractivity contribution in [2.24, 2.45) is 0 Å². The standard InChI is InChI=1S/C24H21F3N4O4/c1-33-17-6-15(10-28-11-17)14-4-5-19-18(7-14)30-13-31(19)16-8-20(34-2)22(21(9-16)35-3)23(32)29-12-24(25,26)27/h4-11,13H,12H2,1-3H3,(H,29,32). The molecule has 0 saturated carbocycles. The molecule has 35 heavy (non-hydrogen) atoms. The highest BCUT2D eigenvalue weighted by atomic mass is 19.4. The zero-order valence-corrected chi connectivity index (χ0v) is 19.0. The number of alkyl halides is 3. The van der Waals surface area contributed by atoms with Crippen molar-refractivity contribution in [2.75, 3.05) is 27.9 Å². The minimum Gasteiger partial charge on any atom is -0.496 e. The van der Waals surface area contributed by atoms with Crippen LogP contribution in [0.25, 0.3) is 27.8 Å². The summed E-state index contributed by atoms with van der Waals surface area (Å²) in [5.41, 5.74) is 3.60. The number of pyridine rings is 1. The molecule has 0 atom stereocenters. The Kier molecular flexibility index (Phi) is 6.50. The Balaban J connectivity index is 1.73. The summed E-state index contributed by atoms with van der Waals surface area (Å²) in [6.45, 7) is -1.48. The van der Waals surface area contributed by atoms with Crippen molar-refractivity contribution in [1.82, 2.24) is 19.9 Å². The highest BCUT2D eigenvalue weighted by Gasteiger charge is 2.30. The van der Waals surface area contributed by atoms with Crippen LogP contribution in [0.4, 0.5) is 13.2 Å². The van der Waals surface area contributed by atoms with Gasteiger partial charge in [-0.05, 0) is 23.8 Å². The van der Waals surface area contributed by atoms with Gasteiger partial charge in [-0.1, -0.05) is 6.07 Å². The first-order valence-corrected chi connectivity index (χ1v) is 10.3. The topological polar surface area (TPSA) is 87.5 Å². The molecule has 8 nitrogen and oxygen atoms in total. The summed E-state index contributed by atoms with van der Waals surface area (Å²) >= 11 is 0. The minimum absolute atomic E-state index is 0.0555. The number of aromatic nitrogens is 3. The zero-order chi connectivity index (χ0) is 25.2. The number of halogens is 3. The number of hydrogen-bond acceptors (Lipinski definition) is 6. The van der Waals surface area contributed by atoms with E-state index in [0.717, 1.165) is 16.6 Å². The number of methoxy groups -OCH3 is 3. The van der Waals surface area contributed by atoms with Crippen LogP contribution in [0.1, 0.15) is 10.4 Å². The molecule has 0 fully saturated rings. The second kappa shape index (κ2) is 9.53. The molecule has 4 rings (SSSR count). The maximum atomic E-state index is 12.6. The predicted molar refractivity (Wildman–Crippen MR) is 122 cm³/mol. The summed E-state index contributed by atoms with van der Waals surface area (Å²) in [6, 6.07) is 10.6. The van der Waals surface area contributed by atoms with Crippen LogP contribution in [-0.4, -0.2) is 54.5 Å². The van der Waals surface area contributed by atoms with Gasteiger partial charge in [0.05, 0.1) is 44.2 Å². The van der Waals surface area contributed by atoms with Crippen LogP contribution in [0, 0.1) is 0 Å². The van der Waals surface area contributed by atoms with E-state index in [-0.39, 0.29) is 17.1 Å². The minimum atomic E-state index is -4.55. The molecular formula is C24H21F3N4O4. The molecule has 0 saturated heterocycles. The number of carbonyl (C=O) groups excluding carboxylic acids is 1. The molecule has 2 aromatic carbocycles. The summed E-state index contributed by atoms with van der Waals surface area (Å²) < 4.78 is 55.3. The number of benzene rings is 2. The Hall–Kier alpha value is -4.28. The van der Waals surface area contributed by atoms with E-state index in [1.165, 1.54) is 26.4 Å². The summed E-state index contributed by atoms with van der Waals surface area (Å²) in [4.78, 5) is 21.1. The van der Waals surface area contributed by atoms with Crippen LogP contribution in [-0.2, 0) is 0 Å². The van der Waals surface area contributed by atoms with E-state index in [4.69, 9.17) is 14.2 Å². The van der Waals surface area contributed by atoms with Crippen molar-refractivity contribution in [3.8, 4) is 34.1 Å². The fourth-order valence-electron chi connectivity index (χ4n) is 3.62. The maximum Gasteiger partial charge on any atom is 0.405 e. The summed E-state index contributed by atoms with van der Waals surface area (Å²) in [7, 11) is 4.21. The molecule has 1 amide bonds. The number of carbonyl (C=O) groups is 1. The SMILES string of the molecule is COc1cncc(-c2ccc3c(c2)ncn3-c2cc(OC)c(C(=O)NCC(F)(F)F)c(OC)c2)c1. The predicted octanol–water partition coefficient (Wildman–Crippen LogP) is 4.41. The van der Waals surface area contributed by atoms with Gasteiger partial charge in [-0.2, -0.15) is 13.2 Å². The zero-order valence-electron chi connectivity index (χ0n) is 19.0. The van der Waals surface area contributed by atoms with E-state index in [1.807, 2.05) is 29.6 Å². The number of amides is 1. The van der Waals surface area contributed by atoms with E-state index >= 15 is 0 Å². The first-order chi connectivity index (χ1) is 16.7. The molecule has 2 heterocycles. The molecule has 0 radical (unpaired) electrons. The third-order valence-electron chi connectivity index (χ3n) is 5.27. The van der Waals surface area contributed by atoms with Gasteiger partial charge >= 0.3 is 6.18 Å². The lowest BCUT2D eigenvalue weighted by molar-refractivity contribution is -0.123. The molecule has 2 aromatic heterocycles. The average Bonchev–Trinajstić information content (AvgIpc) is 3.29. The molecule has 0 unspecified atom stereocenters.